The van der Waals surface area contributed by atoms with E-state index in [0.717, 1.165) is 0 Å². The van der Waals surface area contributed by atoms with Crippen molar-refractivity contribution in [2.24, 2.45) is 5.73 Å². The molecule has 0 atom stereocenters. The van der Waals surface area contributed by atoms with E-state index in [1.165, 1.54) is 22.9 Å². The first-order valence-corrected chi connectivity index (χ1v) is 7.62. The number of thiocarbonyl (C=S) groups is 1. The third kappa shape index (κ3) is 5.21. The van der Waals surface area contributed by atoms with Gasteiger partial charge in [0.25, 0.3) is 0 Å². The third-order valence-electron chi connectivity index (χ3n) is 2.48. The second-order valence-electron chi connectivity index (χ2n) is 4.16. The van der Waals surface area contributed by atoms with E-state index in [0.29, 0.717) is 0 Å². The van der Waals surface area contributed by atoms with Crippen molar-refractivity contribution in [3.05, 3.63) is 35.4 Å². The first-order chi connectivity index (χ1) is 9.55. The fourth-order valence-electron chi connectivity index (χ4n) is 1.43. The molecule has 3 N–H and O–H groups in total. The molecule has 10 heteroatoms. The van der Waals surface area contributed by atoms with Crippen LogP contribution < -0.4 is 10.5 Å². The van der Waals surface area contributed by atoms with Gasteiger partial charge in [-0.15, -0.1) is 0 Å². The minimum absolute atomic E-state index is 0.0567. The molecule has 1 rings (SSSR count). The van der Waals surface area contributed by atoms with Crippen LogP contribution >= 0.6 is 12.2 Å². The summed E-state index contributed by atoms with van der Waals surface area (Å²) >= 11 is 4.74. The van der Waals surface area contributed by atoms with Gasteiger partial charge < -0.3 is 5.73 Å². The minimum atomic E-state index is -4.43. The normalized spacial score (nSPS) is 12.6. The molecule has 0 bridgehead atoms. The van der Waals surface area contributed by atoms with E-state index in [1.807, 2.05) is 0 Å². The molecular formula is C11H12F4N2O2S2. The molecule has 0 aliphatic heterocycles. The Bertz CT molecular complexity index is 620. The molecule has 0 aliphatic carbocycles. The Morgan fingerprint density at radius 1 is 1.33 bits per heavy atom. The molecule has 0 aliphatic rings. The van der Waals surface area contributed by atoms with E-state index < -0.39 is 34.7 Å². The highest BCUT2D eigenvalue weighted by atomic mass is 32.2. The summed E-state index contributed by atoms with van der Waals surface area (Å²) in [4.78, 5) is -0.0567. The Morgan fingerprint density at radius 2 is 1.90 bits per heavy atom. The van der Waals surface area contributed by atoms with Crippen LogP contribution in [0.25, 0.3) is 0 Å². The number of rotatable bonds is 7. The zero-order chi connectivity index (χ0) is 16.3. The van der Waals surface area contributed by atoms with E-state index in [2.05, 4.69) is 0 Å². The second kappa shape index (κ2) is 6.67. The van der Waals surface area contributed by atoms with Gasteiger partial charge in [0.05, 0.1) is 12.3 Å². The van der Waals surface area contributed by atoms with E-state index in [4.69, 9.17) is 18.0 Å². The fourth-order valence-corrected chi connectivity index (χ4v) is 2.80. The summed E-state index contributed by atoms with van der Waals surface area (Å²) < 4.78 is 74.1. The van der Waals surface area contributed by atoms with Gasteiger partial charge in [0.15, 0.2) is 0 Å². The van der Waals surface area contributed by atoms with Crippen molar-refractivity contribution in [2.75, 3.05) is 6.54 Å². The average molecular weight is 344 g/mol. The lowest BCUT2D eigenvalue weighted by atomic mass is 10.1. The van der Waals surface area contributed by atoms with E-state index >= 15 is 0 Å². The molecule has 0 fully saturated rings. The molecule has 0 radical (unpaired) electrons. The molecule has 4 nitrogen and oxygen atoms in total. The van der Waals surface area contributed by atoms with Crippen LogP contribution in [0.5, 0.6) is 0 Å². The largest absolute Gasteiger partial charge is 0.389 e. The van der Waals surface area contributed by atoms with Crippen LogP contribution in [-0.4, -0.2) is 32.3 Å². The van der Waals surface area contributed by atoms with Crippen molar-refractivity contribution >= 4 is 27.2 Å². The van der Waals surface area contributed by atoms with Gasteiger partial charge in [-0.2, -0.15) is 8.78 Å². The first-order valence-electron chi connectivity index (χ1n) is 5.56. The van der Waals surface area contributed by atoms with Crippen LogP contribution in [0.2, 0.25) is 0 Å². The Hall–Kier alpha value is -1.26. The average Bonchev–Trinajstić information content (AvgIpc) is 2.36. The molecule has 0 heterocycles. The van der Waals surface area contributed by atoms with Gasteiger partial charge in [-0.05, 0) is 5.56 Å². The van der Waals surface area contributed by atoms with Crippen molar-refractivity contribution in [1.82, 2.24) is 4.72 Å². The highest BCUT2D eigenvalue weighted by molar-refractivity contribution is 7.88. The fraction of sp³-hybridized carbons (Fsp3) is 0.364. The standard InChI is InChI=1S/C11H12F4N2O2S2/c12-10(13)11(14,15)6-17-21(18,19)5-7-3-1-2-4-8(7)9(16)20/h1-4,10,17H,5-6H2,(H2,16,20). The topological polar surface area (TPSA) is 72.2 Å². The maximum Gasteiger partial charge on any atom is 0.320 e. The molecule has 0 aromatic heterocycles. The van der Waals surface area contributed by atoms with Crippen molar-refractivity contribution < 1.29 is 26.0 Å². The van der Waals surface area contributed by atoms with E-state index in [9.17, 15) is 26.0 Å². The van der Waals surface area contributed by atoms with Crippen molar-refractivity contribution in [1.29, 1.82) is 0 Å². The molecule has 0 unspecified atom stereocenters. The summed E-state index contributed by atoms with van der Waals surface area (Å²) in [5, 5.41) is 0. The number of hydrogen-bond donors (Lipinski definition) is 2. The number of sulfonamides is 1. The summed E-state index contributed by atoms with van der Waals surface area (Å²) in [5.41, 5.74) is 5.88. The predicted molar refractivity (Wildman–Crippen MR) is 73.9 cm³/mol. The van der Waals surface area contributed by atoms with Gasteiger partial charge in [-0.3, -0.25) is 0 Å². The summed E-state index contributed by atoms with van der Waals surface area (Å²) in [6.45, 7) is -1.68. The second-order valence-corrected chi connectivity index (χ2v) is 6.41. The van der Waals surface area contributed by atoms with Gasteiger partial charge in [-0.1, -0.05) is 36.5 Å². The molecular weight excluding hydrogens is 332 g/mol. The summed E-state index contributed by atoms with van der Waals surface area (Å²) in [5.74, 6) is -5.13. The van der Waals surface area contributed by atoms with Crippen molar-refractivity contribution in [3.63, 3.8) is 0 Å². The van der Waals surface area contributed by atoms with Gasteiger partial charge in [0.2, 0.25) is 10.0 Å². The molecule has 118 valence electrons. The Balaban J connectivity index is 2.85. The SMILES string of the molecule is NC(=S)c1ccccc1CS(=O)(=O)NCC(F)(F)C(F)F. The van der Waals surface area contributed by atoms with Crippen LogP contribution in [0.3, 0.4) is 0 Å². The van der Waals surface area contributed by atoms with Crippen LogP contribution in [0.1, 0.15) is 11.1 Å². The molecule has 0 saturated carbocycles. The zero-order valence-corrected chi connectivity index (χ0v) is 12.2. The summed E-state index contributed by atoms with van der Waals surface area (Å²) in [7, 11) is -4.24. The molecule has 1 aromatic carbocycles. The number of nitrogens with two attached hydrogens (primary N) is 1. The molecule has 0 spiro atoms. The minimum Gasteiger partial charge on any atom is -0.389 e. The van der Waals surface area contributed by atoms with Gasteiger partial charge in [-0.25, -0.2) is 21.9 Å². The van der Waals surface area contributed by atoms with E-state index in [1.54, 1.807) is 6.07 Å². The lowest BCUT2D eigenvalue weighted by Crippen LogP contribution is -2.41. The van der Waals surface area contributed by atoms with Gasteiger partial charge in [0, 0.05) is 5.56 Å². The molecule has 0 saturated heterocycles. The first kappa shape index (κ1) is 17.8. The van der Waals surface area contributed by atoms with Gasteiger partial charge in [0.1, 0.15) is 4.99 Å². The zero-order valence-electron chi connectivity index (χ0n) is 10.5. The number of hydrogen-bond acceptors (Lipinski definition) is 3. The maximum atomic E-state index is 12.7. The van der Waals surface area contributed by atoms with Crippen LogP contribution in [-0.2, 0) is 15.8 Å². The van der Waals surface area contributed by atoms with Crippen LogP contribution in [0.15, 0.2) is 24.3 Å². The maximum absolute atomic E-state index is 12.7. The number of benzene rings is 1. The van der Waals surface area contributed by atoms with E-state index in [-0.39, 0.29) is 16.1 Å². The number of nitrogens with one attached hydrogen (secondary N) is 1. The summed E-state index contributed by atoms with van der Waals surface area (Å²) in [6.07, 6.45) is -3.95. The summed E-state index contributed by atoms with van der Waals surface area (Å²) in [6, 6.07) is 5.96. The highest BCUT2D eigenvalue weighted by Gasteiger charge is 2.41. The number of halogens is 4. The van der Waals surface area contributed by atoms with Crippen molar-refractivity contribution in [2.45, 2.75) is 18.1 Å². The Morgan fingerprint density at radius 3 is 2.43 bits per heavy atom. The Kier molecular flexibility index (Phi) is 5.65. The van der Waals surface area contributed by atoms with Gasteiger partial charge >= 0.3 is 12.3 Å². The highest BCUT2D eigenvalue weighted by Crippen LogP contribution is 2.22. The lowest BCUT2D eigenvalue weighted by Gasteiger charge is -2.16. The smallest absolute Gasteiger partial charge is 0.320 e. The quantitative estimate of drug-likeness (QED) is 0.583. The molecule has 1 aromatic rings. The van der Waals surface area contributed by atoms with Crippen molar-refractivity contribution in [3.8, 4) is 0 Å². The molecule has 21 heavy (non-hydrogen) atoms. The number of alkyl halides is 4. The third-order valence-corrected chi connectivity index (χ3v) is 3.97. The monoisotopic (exact) mass is 344 g/mol. The Labute approximate surface area is 124 Å². The predicted octanol–water partition coefficient (Wildman–Crippen LogP) is 1.64. The molecule has 0 amide bonds. The lowest BCUT2D eigenvalue weighted by molar-refractivity contribution is -0.122. The van der Waals surface area contributed by atoms with Crippen LogP contribution in [0, 0.1) is 0 Å². The van der Waals surface area contributed by atoms with Crippen LogP contribution in [0.4, 0.5) is 17.6 Å².